The van der Waals surface area contributed by atoms with Crippen LogP contribution >= 0.6 is 11.6 Å². The number of hydrogen-bond donors (Lipinski definition) is 1. The van der Waals surface area contributed by atoms with E-state index in [2.05, 4.69) is 28.8 Å². The number of aromatic amines is 1. The van der Waals surface area contributed by atoms with Crippen LogP contribution in [0.5, 0.6) is 0 Å². The summed E-state index contributed by atoms with van der Waals surface area (Å²) in [6, 6.07) is 1.76. The van der Waals surface area contributed by atoms with E-state index in [1.807, 2.05) is 0 Å². The van der Waals surface area contributed by atoms with Gasteiger partial charge in [-0.25, -0.2) is 9.97 Å². The highest BCUT2D eigenvalue weighted by Crippen LogP contribution is 2.18. The fourth-order valence-corrected chi connectivity index (χ4v) is 1.33. The summed E-state index contributed by atoms with van der Waals surface area (Å²) < 4.78 is 0. The van der Waals surface area contributed by atoms with E-state index in [-0.39, 0.29) is 0 Å². The summed E-state index contributed by atoms with van der Waals surface area (Å²) in [5.74, 6) is 1.37. The predicted molar refractivity (Wildman–Crippen MR) is 53.0 cm³/mol. The number of nitrogens with zero attached hydrogens (tertiary/aromatic N) is 2. The standard InChI is InChI=1S/C9H10ClN3/c1-5(2)9-12-6-3-8(10)11-4-7(6)13-9/h3-5H,1-2H3,(H,12,13). The second-order valence-corrected chi connectivity index (χ2v) is 3.69. The van der Waals surface area contributed by atoms with Crippen LogP contribution in [0.25, 0.3) is 11.0 Å². The number of hydrogen-bond acceptors (Lipinski definition) is 2. The quantitative estimate of drug-likeness (QED) is 0.711. The van der Waals surface area contributed by atoms with Crippen LogP contribution in [0.1, 0.15) is 25.6 Å². The molecule has 1 N–H and O–H groups in total. The van der Waals surface area contributed by atoms with Gasteiger partial charge in [-0.1, -0.05) is 25.4 Å². The molecule has 3 nitrogen and oxygen atoms in total. The molecule has 2 aromatic rings. The first-order chi connectivity index (χ1) is 6.16. The topological polar surface area (TPSA) is 41.6 Å². The van der Waals surface area contributed by atoms with Crippen LogP contribution < -0.4 is 0 Å². The lowest BCUT2D eigenvalue weighted by molar-refractivity contribution is 0.799. The van der Waals surface area contributed by atoms with Gasteiger partial charge in [0, 0.05) is 12.0 Å². The molecule has 0 bridgehead atoms. The third-order valence-electron chi connectivity index (χ3n) is 1.90. The Morgan fingerprint density at radius 2 is 2.23 bits per heavy atom. The molecule has 0 aromatic carbocycles. The molecular weight excluding hydrogens is 186 g/mol. The molecule has 68 valence electrons. The van der Waals surface area contributed by atoms with Crippen LogP contribution in [-0.2, 0) is 0 Å². The van der Waals surface area contributed by atoms with Crippen molar-refractivity contribution in [2.24, 2.45) is 0 Å². The van der Waals surface area contributed by atoms with Crippen LogP contribution in [0.3, 0.4) is 0 Å². The largest absolute Gasteiger partial charge is 0.340 e. The number of halogens is 1. The molecule has 0 amide bonds. The fraction of sp³-hybridized carbons (Fsp3) is 0.333. The molecule has 0 saturated carbocycles. The van der Waals surface area contributed by atoms with Crippen LogP contribution in [0.4, 0.5) is 0 Å². The van der Waals surface area contributed by atoms with E-state index in [1.165, 1.54) is 0 Å². The Hall–Kier alpha value is -1.09. The molecular formula is C9H10ClN3. The number of aromatic nitrogens is 3. The first-order valence-corrected chi connectivity index (χ1v) is 4.56. The average Bonchev–Trinajstić information content (AvgIpc) is 2.46. The van der Waals surface area contributed by atoms with Crippen molar-refractivity contribution in [2.45, 2.75) is 19.8 Å². The highest BCUT2D eigenvalue weighted by molar-refractivity contribution is 6.29. The minimum atomic E-state index is 0.395. The molecule has 0 aliphatic heterocycles. The zero-order chi connectivity index (χ0) is 9.42. The predicted octanol–water partition coefficient (Wildman–Crippen LogP) is 2.73. The molecule has 2 heterocycles. The van der Waals surface area contributed by atoms with E-state index in [0.29, 0.717) is 11.1 Å². The lowest BCUT2D eigenvalue weighted by Gasteiger charge is -1.95. The Morgan fingerprint density at radius 3 is 2.92 bits per heavy atom. The summed E-state index contributed by atoms with van der Waals surface area (Å²) in [6.45, 7) is 4.18. The third kappa shape index (κ3) is 1.52. The van der Waals surface area contributed by atoms with Crippen LogP contribution in [0.2, 0.25) is 5.15 Å². The molecule has 0 aliphatic rings. The molecule has 2 aromatic heterocycles. The highest BCUT2D eigenvalue weighted by atomic mass is 35.5. The van der Waals surface area contributed by atoms with Crippen molar-refractivity contribution in [3.8, 4) is 0 Å². The number of fused-ring (bicyclic) bond motifs is 1. The summed E-state index contributed by atoms with van der Waals surface area (Å²) in [4.78, 5) is 11.6. The van der Waals surface area contributed by atoms with E-state index in [9.17, 15) is 0 Å². The third-order valence-corrected chi connectivity index (χ3v) is 2.11. The van der Waals surface area contributed by atoms with E-state index >= 15 is 0 Å². The van der Waals surface area contributed by atoms with E-state index < -0.39 is 0 Å². The normalized spacial score (nSPS) is 11.4. The Morgan fingerprint density at radius 1 is 1.46 bits per heavy atom. The van der Waals surface area contributed by atoms with Gasteiger partial charge in [0.2, 0.25) is 0 Å². The Bertz CT molecular complexity index is 433. The molecule has 0 saturated heterocycles. The Balaban J connectivity index is 2.62. The number of H-pyrrole nitrogens is 1. The minimum absolute atomic E-state index is 0.395. The number of pyridine rings is 1. The lowest BCUT2D eigenvalue weighted by atomic mass is 10.2. The average molecular weight is 196 g/mol. The summed E-state index contributed by atoms with van der Waals surface area (Å²) in [6.07, 6.45) is 1.70. The van der Waals surface area contributed by atoms with Gasteiger partial charge >= 0.3 is 0 Å². The number of imidazole rings is 1. The lowest BCUT2D eigenvalue weighted by Crippen LogP contribution is -1.88. The molecule has 13 heavy (non-hydrogen) atoms. The van der Waals surface area contributed by atoms with Crippen molar-refractivity contribution in [2.75, 3.05) is 0 Å². The molecule has 0 aliphatic carbocycles. The summed E-state index contributed by atoms with van der Waals surface area (Å²) in [7, 11) is 0. The van der Waals surface area contributed by atoms with Gasteiger partial charge in [0.05, 0.1) is 17.2 Å². The monoisotopic (exact) mass is 195 g/mol. The van der Waals surface area contributed by atoms with Crippen LogP contribution in [0, 0.1) is 0 Å². The number of nitrogens with one attached hydrogen (secondary N) is 1. The fourth-order valence-electron chi connectivity index (χ4n) is 1.18. The Kier molecular flexibility index (Phi) is 1.96. The summed E-state index contributed by atoms with van der Waals surface area (Å²) >= 11 is 5.74. The molecule has 0 radical (unpaired) electrons. The van der Waals surface area contributed by atoms with Crippen molar-refractivity contribution in [1.82, 2.24) is 15.0 Å². The van der Waals surface area contributed by atoms with Crippen molar-refractivity contribution in [3.05, 3.63) is 23.2 Å². The van der Waals surface area contributed by atoms with Crippen LogP contribution in [0.15, 0.2) is 12.3 Å². The number of rotatable bonds is 1. The molecule has 0 fully saturated rings. The summed E-state index contributed by atoms with van der Waals surface area (Å²) in [5, 5.41) is 0.481. The van der Waals surface area contributed by atoms with Gasteiger partial charge in [-0.3, -0.25) is 0 Å². The van der Waals surface area contributed by atoms with Crippen molar-refractivity contribution in [1.29, 1.82) is 0 Å². The zero-order valence-electron chi connectivity index (χ0n) is 7.50. The maximum absolute atomic E-state index is 5.74. The van der Waals surface area contributed by atoms with Gasteiger partial charge in [0.15, 0.2) is 0 Å². The van der Waals surface area contributed by atoms with Gasteiger partial charge < -0.3 is 4.98 Å². The van der Waals surface area contributed by atoms with E-state index in [0.717, 1.165) is 16.9 Å². The van der Waals surface area contributed by atoms with Crippen LogP contribution in [-0.4, -0.2) is 15.0 Å². The van der Waals surface area contributed by atoms with Gasteiger partial charge in [-0.05, 0) is 0 Å². The first kappa shape index (κ1) is 8.51. The van der Waals surface area contributed by atoms with Crippen molar-refractivity contribution in [3.63, 3.8) is 0 Å². The van der Waals surface area contributed by atoms with E-state index in [1.54, 1.807) is 12.3 Å². The van der Waals surface area contributed by atoms with Gasteiger partial charge in [0.1, 0.15) is 11.0 Å². The zero-order valence-corrected chi connectivity index (χ0v) is 8.26. The van der Waals surface area contributed by atoms with Crippen molar-refractivity contribution < 1.29 is 0 Å². The maximum atomic E-state index is 5.74. The molecule has 4 heteroatoms. The molecule has 0 spiro atoms. The first-order valence-electron chi connectivity index (χ1n) is 4.18. The SMILES string of the molecule is CC(C)c1nc2cc(Cl)ncc2[nH]1. The van der Waals surface area contributed by atoms with Gasteiger partial charge in [0.25, 0.3) is 0 Å². The second kappa shape index (κ2) is 3.00. The van der Waals surface area contributed by atoms with Gasteiger partial charge in [-0.2, -0.15) is 0 Å². The maximum Gasteiger partial charge on any atom is 0.131 e. The Labute approximate surface area is 81.2 Å². The minimum Gasteiger partial charge on any atom is -0.340 e. The van der Waals surface area contributed by atoms with Crippen molar-refractivity contribution >= 4 is 22.6 Å². The smallest absolute Gasteiger partial charge is 0.131 e. The molecule has 0 unspecified atom stereocenters. The van der Waals surface area contributed by atoms with E-state index in [4.69, 9.17) is 11.6 Å². The summed E-state index contributed by atoms with van der Waals surface area (Å²) in [5.41, 5.74) is 1.82. The molecule has 0 atom stereocenters. The second-order valence-electron chi connectivity index (χ2n) is 3.30. The highest BCUT2D eigenvalue weighted by Gasteiger charge is 2.06. The molecule has 2 rings (SSSR count). The van der Waals surface area contributed by atoms with Gasteiger partial charge in [-0.15, -0.1) is 0 Å².